The lowest BCUT2D eigenvalue weighted by Crippen LogP contribution is -2.01. The Balaban J connectivity index is 2.23. The average Bonchev–Trinajstić information content (AvgIpc) is 2.20. The number of benzene rings is 1. The van der Waals surface area contributed by atoms with Gasteiger partial charge in [-0.1, -0.05) is 0 Å². The second kappa shape index (κ2) is 4.65. The molecule has 3 N–H and O–H groups in total. The molecule has 4 nitrogen and oxygen atoms in total. The molecule has 0 aliphatic rings. The number of nitrogens with one attached hydrogen (secondary N) is 1. The first kappa shape index (κ1) is 11.1. The van der Waals surface area contributed by atoms with E-state index in [1.807, 2.05) is 37.3 Å². The Labute approximate surface area is 107 Å². The first-order valence-electron chi connectivity index (χ1n) is 4.77. The summed E-state index contributed by atoms with van der Waals surface area (Å²) in [6.07, 6.45) is 0. The number of aromatic nitrogens is 2. The van der Waals surface area contributed by atoms with E-state index in [1.54, 1.807) is 0 Å². The fourth-order valence-electron chi connectivity index (χ4n) is 1.34. The summed E-state index contributed by atoms with van der Waals surface area (Å²) in [5.74, 6) is 0.999. The topological polar surface area (TPSA) is 63.8 Å². The Morgan fingerprint density at radius 1 is 1.19 bits per heavy atom. The van der Waals surface area contributed by atoms with Crippen LogP contribution in [-0.4, -0.2) is 9.97 Å². The van der Waals surface area contributed by atoms with E-state index < -0.39 is 0 Å². The molecular formula is C11H11IN4. The zero-order chi connectivity index (χ0) is 11.5. The summed E-state index contributed by atoms with van der Waals surface area (Å²) in [6, 6.07) is 9.90. The van der Waals surface area contributed by atoms with Crippen molar-refractivity contribution in [1.29, 1.82) is 0 Å². The van der Waals surface area contributed by atoms with E-state index in [0.717, 1.165) is 11.4 Å². The predicted molar refractivity (Wildman–Crippen MR) is 73.6 cm³/mol. The lowest BCUT2D eigenvalue weighted by molar-refractivity contribution is 1.12. The number of halogens is 1. The van der Waals surface area contributed by atoms with Gasteiger partial charge < -0.3 is 11.1 Å². The van der Waals surface area contributed by atoms with Gasteiger partial charge in [0.05, 0.1) is 0 Å². The highest BCUT2D eigenvalue weighted by Crippen LogP contribution is 2.17. The minimum atomic E-state index is 0.285. The Morgan fingerprint density at radius 3 is 2.50 bits per heavy atom. The van der Waals surface area contributed by atoms with E-state index >= 15 is 0 Å². The van der Waals surface area contributed by atoms with E-state index in [0.29, 0.717) is 5.82 Å². The molecule has 2 rings (SSSR count). The lowest BCUT2D eigenvalue weighted by atomic mass is 10.3. The molecule has 0 bridgehead atoms. The number of hydrogen-bond donors (Lipinski definition) is 2. The van der Waals surface area contributed by atoms with Crippen LogP contribution in [0.3, 0.4) is 0 Å². The van der Waals surface area contributed by atoms with Crippen LogP contribution >= 0.6 is 22.6 Å². The van der Waals surface area contributed by atoms with Crippen LogP contribution in [0.2, 0.25) is 0 Å². The SMILES string of the molecule is Cc1cc(Nc2ccc(I)cc2)nc(N)n1. The standard InChI is InChI=1S/C11H11IN4/c1-7-6-10(16-11(13)14-7)15-9-4-2-8(12)3-5-9/h2-6H,1H3,(H3,13,14,15,16). The normalized spacial score (nSPS) is 10.1. The molecular weight excluding hydrogens is 315 g/mol. The number of rotatable bonds is 2. The van der Waals surface area contributed by atoms with Gasteiger partial charge in [0.15, 0.2) is 0 Å². The molecule has 0 spiro atoms. The molecule has 5 heteroatoms. The number of nitrogens with zero attached hydrogens (tertiary/aromatic N) is 2. The smallest absolute Gasteiger partial charge is 0.222 e. The molecule has 0 aliphatic carbocycles. The van der Waals surface area contributed by atoms with Crippen molar-refractivity contribution < 1.29 is 0 Å². The summed E-state index contributed by atoms with van der Waals surface area (Å²) in [4.78, 5) is 8.12. The van der Waals surface area contributed by atoms with Gasteiger partial charge in [-0.05, 0) is 53.8 Å². The number of aryl methyl sites for hydroxylation is 1. The van der Waals surface area contributed by atoms with Gasteiger partial charge in [0.25, 0.3) is 0 Å². The molecule has 1 aromatic carbocycles. The fourth-order valence-corrected chi connectivity index (χ4v) is 1.70. The number of nitrogens with two attached hydrogens (primary N) is 1. The van der Waals surface area contributed by atoms with Gasteiger partial charge in [0.1, 0.15) is 5.82 Å². The van der Waals surface area contributed by atoms with Gasteiger partial charge in [0.2, 0.25) is 5.95 Å². The predicted octanol–water partition coefficient (Wildman–Crippen LogP) is 2.72. The van der Waals surface area contributed by atoms with Crippen molar-refractivity contribution in [2.45, 2.75) is 6.92 Å². The molecule has 1 aromatic heterocycles. The molecule has 0 saturated carbocycles. The van der Waals surface area contributed by atoms with Crippen LogP contribution in [0.4, 0.5) is 17.5 Å². The maximum absolute atomic E-state index is 5.57. The highest BCUT2D eigenvalue weighted by atomic mass is 127. The summed E-state index contributed by atoms with van der Waals surface area (Å²) in [5.41, 5.74) is 7.41. The number of nitrogen functional groups attached to an aromatic ring is 1. The molecule has 16 heavy (non-hydrogen) atoms. The molecule has 1 heterocycles. The van der Waals surface area contributed by atoms with Crippen molar-refractivity contribution in [3.63, 3.8) is 0 Å². The summed E-state index contributed by atoms with van der Waals surface area (Å²) in [6.45, 7) is 1.89. The molecule has 82 valence electrons. The Bertz CT molecular complexity index is 476. The zero-order valence-corrected chi connectivity index (χ0v) is 10.9. The van der Waals surface area contributed by atoms with Gasteiger partial charge in [-0.3, -0.25) is 0 Å². The second-order valence-electron chi connectivity index (χ2n) is 3.38. The van der Waals surface area contributed by atoms with Crippen LogP contribution in [-0.2, 0) is 0 Å². The van der Waals surface area contributed by atoms with Crippen LogP contribution in [0, 0.1) is 10.5 Å². The van der Waals surface area contributed by atoms with E-state index in [1.165, 1.54) is 3.57 Å². The van der Waals surface area contributed by atoms with Crippen LogP contribution in [0.1, 0.15) is 5.69 Å². The number of hydrogen-bond acceptors (Lipinski definition) is 4. The third kappa shape index (κ3) is 2.82. The maximum atomic E-state index is 5.57. The van der Waals surface area contributed by atoms with Crippen molar-refractivity contribution >= 4 is 40.0 Å². The van der Waals surface area contributed by atoms with Crippen LogP contribution in [0.15, 0.2) is 30.3 Å². The number of anilines is 3. The van der Waals surface area contributed by atoms with Gasteiger partial charge >= 0.3 is 0 Å². The van der Waals surface area contributed by atoms with Crippen LogP contribution in [0.5, 0.6) is 0 Å². The van der Waals surface area contributed by atoms with Crippen molar-refractivity contribution in [2.24, 2.45) is 0 Å². The van der Waals surface area contributed by atoms with Gasteiger partial charge in [-0.2, -0.15) is 4.98 Å². The van der Waals surface area contributed by atoms with Gasteiger partial charge in [-0.25, -0.2) is 4.98 Å². The highest BCUT2D eigenvalue weighted by molar-refractivity contribution is 14.1. The average molecular weight is 326 g/mol. The van der Waals surface area contributed by atoms with E-state index in [2.05, 4.69) is 37.9 Å². The Hall–Kier alpha value is -1.37. The van der Waals surface area contributed by atoms with Crippen molar-refractivity contribution in [3.8, 4) is 0 Å². The molecule has 0 amide bonds. The minimum Gasteiger partial charge on any atom is -0.368 e. The summed E-state index contributed by atoms with van der Waals surface area (Å²) >= 11 is 2.26. The monoisotopic (exact) mass is 326 g/mol. The van der Waals surface area contributed by atoms with Crippen molar-refractivity contribution in [3.05, 3.63) is 39.6 Å². The Kier molecular flexibility index (Phi) is 3.23. The molecule has 0 saturated heterocycles. The maximum Gasteiger partial charge on any atom is 0.222 e. The van der Waals surface area contributed by atoms with Crippen LogP contribution < -0.4 is 11.1 Å². The molecule has 2 aromatic rings. The summed E-state index contributed by atoms with van der Waals surface area (Å²) < 4.78 is 1.20. The Morgan fingerprint density at radius 2 is 1.88 bits per heavy atom. The quantitative estimate of drug-likeness (QED) is 0.833. The fraction of sp³-hybridized carbons (Fsp3) is 0.0909. The third-order valence-electron chi connectivity index (χ3n) is 1.99. The second-order valence-corrected chi connectivity index (χ2v) is 4.63. The van der Waals surface area contributed by atoms with Crippen molar-refractivity contribution in [1.82, 2.24) is 9.97 Å². The summed E-state index contributed by atoms with van der Waals surface area (Å²) in [5, 5.41) is 3.18. The lowest BCUT2D eigenvalue weighted by Gasteiger charge is -2.06. The highest BCUT2D eigenvalue weighted by Gasteiger charge is 1.99. The van der Waals surface area contributed by atoms with E-state index in [4.69, 9.17) is 5.73 Å². The summed E-state index contributed by atoms with van der Waals surface area (Å²) in [7, 11) is 0. The largest absolute Gasteiger partial charge is 0.368 e. The zero-order valence-electron chi connectivity index (χ0n) is 8.74. The first-order chi connectivity index (χ1) is 7.63. The van der Waals surface area contributed by atoms with Gasteiger partial charge in [-0.15, -0.1) is 0 Å². The third-order valence-corrected chi connectivity index (χ3v) is 2.71. The molecule has 0 fully saturated rings. The minimum absolute atomic E-state index is 0.285. The molecule has 0 atom stereocenters. The van der Waals surface area contributed by atoms with Crippen LogP contribution in [0.25, 0.3) is 0 Å². The van der Waals surface area contributed by atoms with E-state index in [9.17, 15) is 0 Å². The first-order valence-corrected chi connectivity index (χ1v) is 5.85. The molecule has 0 unspecified atom stereocenters. The molecule has 0 aliphatic heterocycles. The van der Waals surface area contributed by atoms with Crippen molar-refractivity contribution in [2.75, 3.05) is 11.1 Å². The van der Waals surface area contributed by atoms with Gasteiger partial charge in [0, 0.05) is 21.0 Å². The molecule has 0 radical (unpaired) electrons. The van der Waals surface area contributed by atoms with E-state index in [-0.39, 0.29) is 5.95 Å².